The maximum absolute atomic E-state index is 12.7. The first-order chi connectivity index (χ1) is 12.6. The third-order valence-corrected chi connectivity index (χ3v) is 5.87. The summed E-state index contributed by atoms with van der Waals surface area (Å²) in [7, 11) is 3.38. The molecule has 4 rings (SSSR count). The number of nitrogens with zero attached hydrogens (tertiary/aromatic N) is 2. The molecule has 0 saturated carbocycles. The van der Waals surface area contributed by atoms with Crippen molar-refractivity contribution in [2.45, 2.75) is 38.4 Å². The molecule has 26 heavy (non-hydrogen) atoms. The Morgan fingerprint density at radius 3 is 2.69 bits per heavy atom. The van der Waals surface area contributed by atoms with E-state index in [0.29, 0.717) is 6.04 Å². The molecule has 0 radical (unpaired) electrons. The highest BCUT2D eigenvalue weighted by atomic mass is 16.5. The number of methoxy groups -OCH3 is 2. The Morgan fingerprint density at radius 1 is 1.12 bits per heavy atom. The van der Waals surface area contributed by atoms with Crippen LogP contribution in [0.5, 0.6) is 11.5 Å². The lowest BCUT2D eigenvalue weighted by Crippen LogP contribution is -2.58. The van der Waals surface area contributed by atoms with E-state index in [2.05, 4.69) is 21.9 Å². The van der Waals surface area contributed by atoms with Crippen molar-refractivity contribution in [2.24, 2.45) is 0 Å². The Bertz CT molecular complexity index is 835. The number of carbonyl (C=O) groups excluding carboxylic acids is 1. The molecule has 0 bridgehead atoms. The average Bonchev–Trinajstić information content (AvgIpc) is 3.14. The van der Waals surface area contributed by atoms with E-state index in [1.165, 1.54) is 5.56 Å². The van der Waals surface area contributed by atoms with Crippen molar-refractivity contribution in [3.8, 4) is 11.5 Å². The molecule has 0 aromatic heterocycles. The van der Waals surface area contributed by atoms with Gasteiger partial charge in [-0.2, -0.15) is 0 Å². The SMILES string of the molecule is COc1ccc(CN2C[C@@H]3CCCN3C(=O)[C@H]2C)c2c(OC)cccc12. The predicted octanol–water partition coefficient (Wildman–Crippen LogP) is 3.05. The fourth-order valence-electron chi connectivity index (χ4n) is 4.46. The van der Waals surface area contributed by atoms with Gasteiger partial charge < -0.3 is 14.4 Å². The molecule has 0 aliphatic carbocycles. The van der Waals surface area contributed by atoms with Crippen LogP contribution in [0.25, 0.3) is 10.8 Å². The van der Waals surface area contributed by atoms with E-state index in [4.69, 9.17) is 9.47 Å². The molecule has 2 fully saturated rings. The number of rotatable bonds is 4. The molecule has 2 aromatic rings. The van der Waals surface area contributed by atoms with Crippen molar-refractivity contribution in [1.29, 1.82) is 0 Å². The zero-order chi connectivity index (χ0) is 18.3. The molecular formula is C21H26N2O3. The highest BCUT2D eigenvalue weighted by Gasteiger charge is 2.40. The van der Waals surface area contributed by atoms with E-state index in [1.807, 2.05) is 25.1 Å². The fraction of sp³-hybridized carbons (Fsp3) is 0.476. The maximum Gasteiger partial charge on any atom is 0.239 e. The molecule has 5 nitrogen and oxygen atoms in total. The molecule has 2 aliphatic heterocycles. The van der Waals surface area contributed by atoms with Crippen LogP contribution in [0.2, 0.25) is 0 Å². The summed E-state index contributed by atoms with van der Waals surface area (Å²) in [4.78, 5) is 17.1. The minimum absolute atomic E-state index is 0.0868. The van der Waals surface area contributed by atoms with Gasteiger partial charge in [-0.05, 0) is 37.5 Å². The van der Waals surface area contributed by atoms with Gasteiger partial charge in [-0.15, -0.1) is 0 Å². The van der Waals surface area contributed by atoms with Crippen LogP contribution in [-0.2, 0) is 11.3 Å². The number of benzene rings is 2. The van der Waals surface area contributed by atoms with Crippen LogP contribution in [0.1, 0.15) is 25.3 Å². The monoisotopic (exact) mass is 354 g/mol. The summed E-state index contributed by atoms with van der Waals surface area (Å²) in [6, 6.07) is 10.4. The van der Waals surface area contributed by atoms with Crippen LogP contribution in [0, 0.1) is 0 Å². The van der Waals surface area contributed by atoms with Crippen LogP contribution in [0.4, 0.5) is 0 Å². The number of ether oxygens (including phenoxy) is 2. The highest BCUT2D eigenvalue weighted by molar-refractivity contribution is 5.96. The van der Waals surface area contributed by atoms with Crippen LogP contribution >= 0.6 is 0 Å². The van der Waals surface area contributed by atoms with E-state index < -0.39 is 0 Å². The van der Waals surface area contributed by atoms with Gasteiger partial charge in [0.1, 0.15) is 11.5 Å². The Hall–Kier alpha value is -2.27. The summed E-state index contributed by atoms with van der Waals surface area (Å²) in [5, 5.41) is 2.12. The molecule has 2 atom stereocenters. The van der Waals surface area contributed by atoms with Crippen molar-refractivity contribution >= 4 is 16.7 Å². The minimum Gasteiger partial charge on any atom is -0.496 e. The molecule has 5 heteroatoms. The van der Waals surface area contributed by atoms with Crippen molar-refractivity contribution in [3.63, 3.8) is 0 Å². The van der Waals surface area contributed by atoms with Gasteiger partial charge in [0.05, 0.1) is 20.3 Å². The Labute approximate surface area is 154 Å². The first kappa shape index (κ1) is 17.2. The zero-order valence-electron chi connectivity index (χ0n) is 15.7. The Morgan fingerprint density at radius 2 is 1.92 bits per heavy atom. The van der Waals surface area contributed by atoms with Crippen LogP contribution < -0.4 is 9.47 Å². The number of hydrogen-bond donors (Lipinski definition) is 0. The molecule has 0 N–H and O–H groups in total. The van der Waals surface area contributed by atoms with Crippen LogP contribution in [0.3, 0.4) is 0 Å². The van der Waals surface area contributed by atoms with Crippen molar-refractivity contribution in [3.05, 3.63) is 35.9 Å². The molecule has 2 heterocycles. The summed E-state index contributed by atoms with van der Waals surface area (Å²) in [6.07, 6.45) is 2.23. The van der Waals surface area contributed by atoms with Gasteiger partial charge in [0.15, 0.2) is 0 Å². The fourth-order valence-corrected chi connectivity index (χ4v) is 4.46. The van der Waals surface area contributed by atoms with Gasteiger partial charge in [0.25, 0.3) is 0 Å². The standard InChI is InChI=1S/C21H26N2O3/c1-14-21(24)23-11-5-6-16(23)13-22(14)12-15-9-10-18(25-2)17-7-4-8-19(26-3)20(15)17/h4,7-10,14,16H,5-6,11-13H2,1-3H3/t14-,16+/m1/s1. The Balaban J connectivity index is 1.72. The first-order valence-corrected chi connectivity index (χ1v) is 9.31. The third kappa shape index (κ3) is 2.71. The van der Waals surface area contributed by atoms with E-state index in [-0.39, 0.29) is 11.9 Å². The normalized spacial score (nSPS) is 23.3. The average molecular weight is 354 g/mol. The number of piperazine rings is 1. The predicted molar refractivity (Wildman–Crippen MR) is 102 cm³/mol. The summed E-state index contributed by atoms with van der Waals surface area (Å²) >= 11 is 0. The molecule has 1 amide bonds. The number of fused-ring (bicyclic) bond motifs is 2. The second-order valence-corrected chi connectivity index (χ2v) is 7.24. The summed E-state index contributed by atoms with van der Waals surface area (Å²) in [5.74, 6) is 1.95. The second kappa shape index (κ2) is 6.80. The first-order valence-electron chi connectivity index (χ1n) is 9.31. The van der Waals surface area contributed by atoms with Gasteiger partial charge in [0.2, 0.25) is 5.91 Å². The second-order valence-electron chi connectivity index (χ2n) is 7.24. The summed E-state index contributed by atoms with van der Waals surface area (Å²) in [6.45, 7) is 4.62. The van der Waals surface area contributed by atoms with Gasteiger partial charge in [-0.3, -0.25) is 9.69 Å². The van der Waals surface area contributed by atoms with Crippen molar-refractivity contribution in [2.75, 3.05) is 27.3 Å². The van der Waals surface area contributed by atoms with Gasteiger partial charge >= 0.3 is 0 Å². The van der Waals surface area contributed by atoms with Gasteiger partial charge in [-0.25, -0.2) is 0 Å². The molecule has 0 unspecified atom stereocenters. The smallest absolute Gasteiger partial charge is 0.239 e. The molecule has 138 valence electrons. The molecule has 2 aliphatic rings. The minimum atomic E-state index is -0.0868. The zero-order valence-corrected chi connectivity index (χ0v) is 15.7. The molecule has 0 spiro atoms. The van der Waals surface area contributed by atoms with Crippen molar-refractivity contribution < 1.29 is 14.3 Å². The maximum atomic E-state index is 12.7. The lowest BCUT2D eigenvalue weighted by atomic mass is 10.00. The van der Waals surface area contributed by atoms with E-state index in [9.17, 15) is 4.79 Å². The Kier molecular flexibility index (Phi) is 4.49. The summed E-state index contributed by atoms with van der Waals surface area (Å²) in [5.41, 5.74) is 1.17. The highest BCUT2D eigenvalue weighted by Crippen LogP contribution is 2.36. The quantitative estimate of drug-likeness (QED) is 0.846. The van der Waals surface area contributed by atoms with Gasteiger partial charge in [0, 0.05) is 36.4 Å². The van der Waals surface area contributed by atoms with E-state index >= 15 is 0 Å². The number of hydrogen-bond acceptors (Lipinski definition) is 4. The van der Waals surface area contributed by atoms with Crippen molar-refractivity contribution in [1.82, 2.24) is 9.80 Å². The molecule has 2 saturated heterocycles. The lowest BCUT2D eigenvalue weighted by molar-refractivity contribution is -0.143. The van der Waals surface area contributed by atoms with Crippen LogP contribution in [-0.4, -0.2) is 55.1 Å². The molecular weight excluding hydrogens is 328 g/mol. The summed E-state index contributed by atoms with van der Waals surface area (Å²) < 4.78 is 11.2. The van der Waals surface area contributed by atoms with Crippen LogP contribution in [0.15, 0.2) is 30.3 Å². The lowest BCUT2D eigenvalue weighted by Gasteiger charge is -2.41. The van der Waals surface area contributed by atoms with E-state index in [0.717, 1.165) is 54.7 Å². The topological polar surface area (TPSA) is 42.0 Å². The van der Waals surface area contributed by atoms with Gasteiger partial charge in [-0.1, -0.05) is 18.2 Å². The molecule has 2 aromatic carbocycles. The third-order valence-electron chi connectivity index (χ3n) is 5.87. The number of carbonyl (C=O) groups is 1. The number of amides is 1. The van der Waals surface area contributed by atoms with E-state index in [1.54, 1.807) is 14.2 Å². The largest absolute Gasteiger partial charge is 0.496 e.